The maximum Gasteiger partial charge on any atom is 0.330 e. The van der Waals surface area contributed by atoms with Gasteiger partial charge in [0.15, 0.2) is 0 Å². The highest BCUT2D eigenvalue weighted by Crippen LogP contribution is 2.42. The summed E-state index contributed by atoms with van der Waals surface area (Å²) in [6, 6.07) is 0. The number of rotatable bonds is 5. The molecule has 5 nitrogen and oxygen atoms in total. The number of nitrogens with zero attached hydrogens (tertiary/aromatic N) is 1. The van der Waals surface area contributed by atoms with Gasteiger partial charge in [-0.2, -0.15) is 0 Å². The molecule has 14 heavy (non-hydrogen) atoms. The fraction of sp³-hybridized carbons (Fsp3) is 0.625. The Hall–Kier alpha value is -0.640. The van der Waals surface area contributed by atoms with E-state index in [2.05, 4.69) is 6.58 Å². The van der Waals surface area contributed by atoms with E-state index in [1.807, 2.05) is 0 Å². The predicted octanol–water partition coefficient (Wildman–Crippen LogP) is 0.587. The predicted molar refractivity (Wildman–Crippen MR) is 54.0 cm³/mol. The van der Waals surface area contributed by atoms with Crippen LogP contribution in [0.2, 0.25) is 0 Å². The smallest absolute Gasteiger partial charge is 0.330 e. The average molecular weight is 221 g/mol. The van der Waals surface area contributed by atoms with Gasteiger partial charge in [0.2, 0.25) is 5.91 Å². The van der Waals surface area contributed by atoms with Crippen LogP contribution in [-0.4, -0.2) is 39.8 Å². The molecule has 0 saturated heterocycles. The zero-order valence-electron chi connectivity index (χ0n) is 8.38. The molecule has 0 fully saturated rings. The molecule has 2 N–H and O–H groups in total. The molecule has 0 aromatic carbocycles. The van der Waals surface area contributed by atoms with Crippen LogP contribution in [0.4, 0.5) is 0 Å². The highest BCUT2D eigenvalue weighted by Gasteiger charge is 2.28. The van der Waals surface area contributed by atoms with Gasteiger partial charge in [0.05, 0.1) is 5.66 Å². The van der Waals surface area contributed by atoms with Crippen molar-refractivity contribution in [3.63, 3.8) is 0 Å². The fourth-order valence-corrected chi connectivity index (χ4v) is 1.97. The first-order chi connectivity index (χ1) is 6.32. The lowest BCUT2D eigenvalue weighted by Crippen LogP contribution is -2.32. The third-order valence-electron chi connectivity index (χ3n) is 1.98. The molecule has 1 amide bonds. The fourth-order valence-electron chi connectivity index (χ4n) is 1.04. The number of likely N-dealkylation sites (N-methyl/N-ethyl adjacent to an activating group) is 1. The summed E-state index contributed by atoms with van der Waals surface area (Å²) in [5.41, 5.74) is -0.795. The van der Waals surface area contributed by atoms with Gasteiger partial charge in [0, 0.05) is 13.6 Å². The van der Waals surface area contributed by atoms with Gasteiger partial charge in [-0.3, -0.25) is 9.36 Å². The van der Waals surface area contributed by atoms with Crippen LogP contribution in [0.5, 0.6) is 0 Å². The van der Waals surface area contributed by atoms with Crippen molar-refractivity contribution in [2.45, 2.75) is 19.0 Å². The van der Waals surface area contributed by atoms with E-state index in [1.165, 1.54) is 11.9 Å². The van der Waals surface area contributed by atoms with Gasteiger partial charge >= 0.3 is 7.60 Å². The summed E-state index contributed by atoms with van der Waals surface area (Å²) in [7, 11) is -2.62. The molecule has 1 atom stereocenters. The maximum absolute atomic E-state index is 11.0. The summed E-state index contributed by atoms with van der Waals surface area (Å²) in [6.45, 7) is 5.02. The van der Waals surface area contributed by atoms with Crippen molar-refractivity contribution in [2.75, 3.05) is 13.6 Å². The van der Waals surface area contributed by atoms with E-state index in [-0.39, 0.29) is 12.5 Å². The Balaban J connectivity index is 4.41. The molecular weight excluding hydrogens is 205 g/mol. The van der Waals surface area contributed by atoms with E-state index >= 15 is 0 Å². The molecule has 0 heterocycles. The van der Waals surface area contributed by atoms with Crippen molar-refractivity contribution in [1.82, 2.24) is 4.90 Å². The van der Waals surface area contributed by atoms with Crippen LogP contribution in [0, 0.1) is 0 Å². The number of carbonyl (C=O) groups excluding carboxylic acids is 1. The lowest BCUT2D eigenvalue weighted by molar-refractivity contribution is -0.124. The Bertz CT molecular complexity index is 260. The molecule has 0 radical (unpaired) electrons. The Morgan fingerprint density at radius 3 is 2.43 bits per heavy atom. The van der Waals surface area contributed by atoms with E-state index in [1.54, 1.807) is 6.92 Å². The second-order valence-corrected chi connectivity index (χ2v) is 4.98. The molecule has 0 bridgehead atoms. The molecule has 0 spiro atoms. The summed E-state index contributed by atoms with van der Waals surface area (Å²) >= 11 is 0. The molecule has 82 valence electrons. The van der Waals surface area contributed by atoms with Crippen LogP contribution >= 0.6 is 7.60 Å². The van der Waals surface area contributed by atoms with E-state index in [9.17, 15) is 9.36 Å². The molecule has 0 aromatic heterocycles. The number of hydrogen-bond donors (Lipinski definition) is 2. The second kappa shape index (κ2) is 5.29. The van der Waals surface area contributed by atoms with E-state index < -0.39 is 13.3 Å². The zero-order valence-corrected chi connectivity index (χ0v) is 9.28. The van der Waals surface area contributed by atoms with E-state index in [4.69, 9.17) is 9.79 Å². The quantitative estimate of drug-likeness (QED) is 0.526. The zero-order chi connectivity index (χ0) is 11.4. The van der Waals surface area contributed by atoms with Crippen molar-refractivity contribution >= 4 is 13.5 Å². The topological polar surface area (TPSA) is 77.8 Å². The molecule has 6 heteroatoms. The molecule has 0 aliphatic carbocycles. The van der Waals surface area contributed by atoms with Gasteiger partial charge in [-0.1, -0.05) is 13.5 Å². The van der Waals surface area contributed by atoms with Crippen molar-refractivity contribution in [2.24, 2.45) is 0 Å². The third-order valence-corrected chi connectivity index (χ3v) is 3.46. The molecular formula is C8H16NO4P. The number of carbonyl (C=O) groups is 1. The van der Waals surface area contributed by atoms with Crippen LogP contribution in [0.1, 0.15) is 13.3 Å². The summed E-state index contributed by atoms with van der Waals surface area (Å²) in [4.78, 5) is 30.2. The van der Waals surface area contributed by atoms with Gasteiger partial charge in [-0.05, 0) is 12.5 Å². The largest absolute Gasteiger partial charge is 0.341 e. The minimum Gasteiger partial charge on any atom is -0.341 e. The van der Waals surface area contributed by atoms with Gasteiger partial charge in [0.25, 0.3) is 0 Å². The standard InChI is InChI=1S/C8H16NO4P/c1-4-7(14(11,12)13)6-9(3)8(10)5-2/h5,7H,2,4,6H2,1,3H3,(H2,11,12,13). The SMILES string of the molecule is C=CC(=O)N(C)CC(CC)P(=O)(O)O. The highest BCUT2D eigenvalue weighted by molar-refractivity contribution is 7.52. The third kappa shape index (κ3) is 4.05. The molecule has 0 saturated carbocycles. The highest BCUT2D eigenvalue weighted by atomic mass is 31.2. The monoisotopic (exact) mass is 221 g/mol. The first kappa shape index (κ1) is 13.4. The summed E-state index contributed by atoms with van der Waals surface area (Å²) < 4.78 is 10.9. The van der Waals surface area contributed by atoms with E-state index in [0.29, 0.717) is 6.42 Å². The van der Waals surface area contributed by atoms with Crippen LogP contribution < -0.4 is 0 Å². The van der Waals surface area contributed by atoms with Crippen molar-refractivity contribution in [3.8, 4) is 0 Å². The Morgan fingerprint density at radius 1 is 1.64 bits per heavy atom. The van der Waals surface area contributed by atoms with Gasteiger partial charge < -0.3 is 14.7 Å². The summed E-state index contributed by atoms with van der Waals surface area (Å²) in [5.74, 6) is -0.336. The minimum absolute atomic E-state index is 0.0473. The van der Waals surface area contributed by atoms with Gasteiger partial charge in [-0.15, -0.1) is 0 Å². The van der Waals surface area contributed by atoms with Gasteiger partial charge in [0.1, 0.15) is 0 Å². The Labute approximate surface area is 83.6 Å². The first-order valence-corrected chi connectivity index (χ1v) is 5.93. The molecule has 1 unspecified atom stereocenters. The normalized spacial score (nSPS) is 13.4. The van der Waals surface area contributed by atoms with Crippen LogP contribution in [0.3, 0.4) is 0 Å². The van der Waals surface area contributed by atoms with Crippen LogP contribution in [0.15, 0.2) is 12.7 Å². The lowest BCUT2D eigenvalue weighted by Gasteiger charge is -2.22. The Kier molecular flexibility index (Phi) is 5.05. The number of amides is 1. The Morgan fingerprint density at radius 2 is 2.14 bits per heavy atom. The molecule has 0 rings (SSSR count). The molecule has 0 aliphatic rings. The van der Waals surface area contributed by atoms with Crippen molar-refractivity contribution in [1.29, 1.82) is 0 Å². The first-order valence-electron chi connectivity index (χ1n) is 4.25. The van der Waals surface area contributed by atoms with E-state index in [0.717, 1.165) is 6.08 Å². The van der Waals surface area contributed by atoms with Gasteiger partial charge in [-0.25, -0.2) is 0 Å². The van der Waals surface area contributed by atoms with Crippen molar-refractivity contribution < 1.29 is 19.1 Å². The van der Waals surface area contributed by atoms with Crippen LogP contribution in [0.25, 0.3) is 0 Å². The minimum atomic E-state index is -4.11. The lowest BCUT2D eigenvalue weighted by atomic mass is 10.3. The molecule has 0 aromatic rings. The number of hydrogen-bond acceptors (Lipinski definition) is 2. The maximum atomic E-state index is 11.0. The van der Waals surface area contributed by atoms with Crippen molar-refractivity contribution in [3.05, 3.63) is 12.7 Å². The van der Waals surface area contributed by atoms with Crippen LogP contribution in [-0.2, 0) is 9.36 Å². The summed E-state index contributed by atoms with van der Waals surface area (Å²) in [6.07, 6.45) is 1.45. The average Bonchev–Trinajstić information content (AvgIpc) is 2.10. The summed E-state index contributed by atoms with van der Waals surface area (Å²) in [5, 5.41) is 0. The molecule has 0 aliphatic heterocycles. The second-order valence-electron chi connectivity index (χ2n) is 3.07.